The average Bonchev–Trinajstić information content (AvgIpc) is 3.16. The van der Waals surface area contributed by atoms with E-state index >= 15 is 0 Å². The summed E-state index contributed by atoms with van der Waals surface area (Å²) in [6, 6.07) is 9.73. The minimum absolute atomic E-state index is 0.131. The number of halogens is 4. The van der Waals surface area contributed by atoms with E-state index in [9.17, 15) is 22.8 Å². The Labute approximate surface area is 176 Å². The number of rotatable bonds is 7. The SMILES string of the molecule is O=C(O)COc1ccc(Br)cc1C(=O)C1C=NN(c2ccc(OC(F)(F)F)cc2)C1. The highest BCUT2D eigenvalue weighted by atomic mass is 79.9. The first kappa shape index (κ1) is 21.6. The number of alkyl halides is 3. The molecule has 7 nitrogen and oxygen atoms in total. The highest BCUT2D eigenvalue weighted by Gasteiger charge is 2.31. The van der Waals surface area contributed by atoms with Crippen molar-refractivity contribution >= 4 is 39.6 Å². The van der Waals surface area contributed by atoms with Crippen LogP contribution in [0.2, 0.25) is 0 Å². The van der Waals surface area contributed by atoms with Crippen molar-refractivity contribution in [2.75, 3.05) is 18.2 Å². The van der Waals surface area contributed by atoms with Crippen molar-refractivity contribution in [3.05, 3.63) is 52.5 Å². The summed E-state index contributed by atoms with van der Waals surface area (Å²) in [7, 11) is 0. The van der Waals surface area contributed by atoms with E-state index in [1.165, 1.54) is 35.5 Å². The Morgan fingerprint density at radius 3 is 2.53 bits per heavy atom. The van der Waals surface area contributed by atoms with Gasteiger partial charge in [-0.2, -0.15) is 5.10 Å². The standard InChI is InChI=1S/C19H14BrF3N2O5/c20-12-1-6-16(29-10-17(26)27)15(7-12)18(28)11-8-24-25(9-11)13-2-4-14(5-3-13)30-19(21,22)23/h1-8,11H,9-10H2,(H,26,27). The largest absolute Gasteiger partial charge is 0.573 e. The van der Waals surface area contributed by atoms with Gasteiger partial charge in [0.1, 0.15) is 11.5 Å². The summed E-state index contributed by atoms with van der Waals surface area (Å²) in [4.78, 5) is 23.7. The molecule has 0 aliphatic carbocycles. The van der Waals surface area contributed by atoms with Crippen LogP contribution in [-0.4, -0.2) is 42.6 Å². The van der Waals surface area contributed by atoms with Crippen molar-refractivity contribution in [3.8, 4) is 11.5 Å². The number of hydrogen-bond acceptors (Lipinski definition) is 6. The van der Waals surface area contributed by atoms with Gasteiger partial charge in [0.2, 0.25) is 0 Å². The lowest BCUT2D eigenvalue weighted by Gasteiger charge is -2.17. The fourth-order valence-electron chi connectivity index (χ4n) is 2.74. The van der Waals surface area contributed by atoms with E-state index in [0.717, 1.165) is 12.1 Å². The van der Waals surface area contributed by atoms with Gasteiger partial charge < -0.3 is 14.6 Å². The van der Waals surface area contributed by atoms with Gasteiger partial charge in [0.15, 0.2) is 12.4 Å². The quantitative estimate of drug-likeness (QED) is 0.592. The Balaban J connectivity index is 1.71. The molecule has 0 aromatic heterocycles. The number of nitrogens with zero attached hydrogens (tertiary/aromatic N) is 2. The molecular weight excluding hydrogens is 473 g/mol. The van der Waals surface area contributed by atoms with Crippen molar-refractivity contribution < 1.29 is 37.3 Å². The minimum atomic E-state index is -4.78. The molecule has 1 heterocycles. The molecule has 2 aromatic carbocycles. The molecular formula is C19H14BrF3N2O5. The Kier molecular flexibility index (Phi) is 6.30. The van der Waals surface area contributed by atoms with Crippen molar-refractivity contribution in [2.24, 2.45) is 11.0 Å². The molecule has 1 unspecified atom stereocenters. The van der Waals surface area contributed by atoms with Crippen LogP contribution in [0.25, 0.3) is 0 Å². The van der Waals surface area contributed by atoms with E-state index in [1.54, 1.807) is 6.07 Å². The first-order valence-corrected chi connectivity index (χ1v) is 9.27. The van der Waals surface area contributed by atoms with Crippen molar-refractivity contribution in [3.63, 3.8) is 0 Å². The number of Topliss-reactive ketones (excluding diaryl/α,β-unsaturated/α-hetero) is 1. The maximum absolute atomic E-state index is 12.9. The highest BCUT2D eigenvalue weighted by molar-refractivity contribution is 9.10. The lowest BCUT2D eigenvalue weighted by atomic mass is 9.98. The van der Waals surface area contributed by atoms with Crippen LogP contribution in [0, 0.1) is 5.92 Å². The second-order valence-corrected chi connectivity index (χ2v) is 7.10. The molecule has 0 fully saturated rings. The van der Waals surface area contributed by atoms with E-state index in [0.29, 0.717) is 10.2 Å². The molecule has 158 valence electrons. The van der Waals surface area contributed by atoms with Gasteiger partial charge in [0, 0.05) is 10.7 Å². The number of carboxylic acids is 1. The number of benzene rings is 2. The van der Waals surface area contributed by atoms with Crippen LogP contribution in [-0.2, 0) is 4.79 Å². The lowest BCUT2D eigenvalue weighted by Crippen LogP contribution is -2.24. The molecule has 1 aliphatic heterocycles. The molecule has 0 bridgehead atoms. The molecule has 0 amide bonds. The maximum atomic E-state index is 12.9. The van der Waals surface area contributed by atoms with Gasteiger partial charge in [0.05, 0.1) is 23.7 Å². The Morgan fingerprint density at radius 1 is 1.20 bits per heavy atom. The number of hydrazone groups is 1. The molecule has 0 saturated heterocycles. The summed E-state index contributed by atoms with van der Waals surface area (Å²) < 4.78 is 46.4. The van der Waals surface area contributed by atoms with E-state index in [1.807, 2.05) is 0 Å². The third kappa shape index (κ3) is 5.50. The summed E-state index contributed by atoms with van der Waals surface area (Å²) >= 11 is 3.27. The predicted octanol–water partition coefficient (Wildman–Crippen LogP) is 4.12. The molecule has 2 aromatic rings. The number of ketones is 1. The molecule has 0 spiro atoms. The Morgan fingerprint density at radius 2 is 1.90 bits per heavy atom. The molecule has 0 saturated carbocycles. The summed E-state index contributed by atoms with van der Waals surface area (Å²) in [5, 5.41) is 14.4. The zero-order valence-corrected chi connectivity index (χ0v) is 16.7. The molecule has 1 atom stereocenters. The number of hydrogen-bond donors (Lipinski definition) is 1. The molecule has 11 heteroatoms. The van der Waals surface area contributed by atoms with Crippen LogP contribution >= 0.6 is 15.9 Å². The first-order chi connectivity index (χ1) is 14.1. The van der Waals surface area contributed by atoms with Gasteiger partial charge in [-0.05, 0) is 42.5 Å². The van der Waals surface area contributed by atoms with Crippen LogP contribution < -0.4 is 14.5 Å². The third-order valence-electron chi connectivity index (χ3n) is 4.02. The van der Waals surface area contributed by atoms with E-state index in [-0.39, 0.29) is 29.4 Å². The average molecular weight is 487 g/mol. The zero-order valence-electron chi connectivity index (χ0n) is 15.1. The molecule has 30 heavy (non-hydrogen) atoms. The summed E-state index contributed by atoms with van der Waals surface area (Å²) in [6.45, 7) is -0.442. The fourth-order valence-corrected chi connectivity index (χ4v) is 3.11. The Hall–Kier alpha value is -3.08. The fraction of sp³-hybridized carbons (Fsp3) is 0.211. The number of carboxylic acid groups (broad SMARTS) is 1. The number of aliphatic carboxylic acids is 1. The second kappa shape index (κ2) is 8.74. The van der Waals surface area contributed by atoms with Gasteiger partial charge in [-0.3, -0.25) is 9.80 Å². The van der Waals surface area contributed by atoms with Gasteiger partial charge in [-0.25, -0.2) is 4.79 Å². The third-order valence-corrected chi connectivity index (χ3v) is 4.51. The van der Waals surface area contributed by atoms with Gasteiger partial charge in [-0.15, -0.1) is 13.2 Å². The number of ether oxygens (including phenoxy) is 2. The van der Waals surface area contributed by atoms with E-state index < -0.39 is 24.9 Å². The number of carbonyl (C=O) groups excluding carboxylic acids is 1. The van der Waals surface area contributed by atoms with E-state index in [4.69, 9.17) is 9.84 Å². The zero-order chi connectivity index (χ0) is 21.9. The van der Waals surface area contributed by atoms with Crippen LogP contribution in [0.4, 0.5) is 18.9 Å². The molecule has 3 rings (SSSR count). The summed E-state index contributed by atoms with van der Waals surface area (Å²) in [5.74, 6) is -2.40. The van der Waals surface area contributed by atoms with Gasteiger partial charge >= 0.3 is 12.3 Å². The van der Waals surface area contributed by atoms with Crippen molar-refractivity contribution in [2.45, 2.75) is 6.36 Å². The number of anilines is 1. The van der Waals surface area contributed by atoms with Gasteiger partial charge in [-0.1, -0.05) is 15.9 Å². The predicted molar refractivity (Wildman–Crippen MR) is 104 cm³/mol. The lowest BCUT2D eigenvalue weighted by molar-refractivity contribution is -0.274. The summed E-state index contributed by atoms with van der Waals surface area (Å²) in [5.41, 5.74) is 0.672. The van der Waals surface area contributed by atoms with Crippen LogP contribution in [0.15, 0.2) is 52.0 Å². The minimum Gasteiger partial charge on any atom is -0.481 e. The van der Waals surface area contributed by atoms with Crippen molar-refractivity contribution in [1.82, 2.24) is 0 Å². The summed E-state index contributed by atoms with van der Waals surface area (Å²) in [6.07, 6.45) is -3.36. The Bertz CT molecular complexity index is 979. The smallest absolute Gasteiger partial charge is 0.481 e. The maximum Gasteiger partial charge on any atom is 0.573 e. The normalized spacial score (nSPS) is 15.9. The first-order valence-electron chi connectivity index (χ1n) is 8.48. The topological polar surface area (TPSA) is 88.4 Å². The van der Waals surface area contributed by atoms with Crippen LogP contribution in [0.5, 0.6) is 11.5 Å². The highest BCUT2D eigenvalue weighted by Crippen LogP contribution is 2.30. The van der Waals surface area contributed by atoms with Crippen molar-refractivity contribution in [1.29, 1.82) is 0 Å². The second-order valence-electron chi connectivity index (χ2n) is 6.18. The molecule has 0 radical (unpaired) electrons. The molecule has 1 aliphatic rings. The van der Waals surface area contributed by atoms with Gasteiger partial charge in [0.25, 0.3) is 0 Å². The van der Waals surface area contributed by atoms with E-state index in [2.05, 4.69) is 25.8 Å². The van der Waals surface area contributed by atoms with Crippen LogP contribution in [0.1, 0.15) is 10.4 Å². The number of carbonyl (C=O) groups is 2. The van der Waals surface area contributed by atoms with Crippen LogP contribution in [0.3, 0.4) is 0 Å². The monoisotopic (exact) mass is 486 g/mol. The molecule has 1 N–H and O–H groups in total.